The molecule has 1 aliphatic heterocycles. The lowest BCUT2D eigenvalue weighted by atomic mass is 9.79. The number of aliphatic hydroxyl groups is 2. The van der Waals surface area contributed by atoms with Crippen LogP contribution in [0.4, 0.5) is 0 Å². The molecule has 0 radical (unpaired) electrons. The largest absolute Gasteiger partial charge is 0.390 e. The number of thioether (sulfide) groups is 1. The van der Waals surface area contributed by atoms with Gasteiger partial charge in [-0.05, 0) is 43.2 Å². The highest BCUT2D eigenvalue weighted by atomic mass is 32.2. The molecule has 1 saturated heterocycles. The molecule has 1 aromatic carbocycles. The van der Waals surface area contributed by atoms with Crippen LogP contribution in [0.2, 0.25) is 0 Å². The van der Waals surface area contributed by atoms with Gasteiger partial charge in [0.1, 0.15) is 0 Å². The number of hydrogen-bond acceptors (Lipinski definition) is 4. The molecule has 1 amide bonds. The quantitative estimate of drug-likeness (QED) is 0.832. The smallest absolute Gasteiger partial charge is 0.232 e. The van der Waals surface area contributed by atoms with Crippen LogP contribution in [0.15, 0.2) is 29.2 Å². The monoisotopic (exact) mass is 321 g/mol. The summed E-state index contributed by atoms with van der Waals surface area (Å²) in [5, 5.41) is 19.5. The van der Waals surface area contributed by atoms with E-state index in [0.29, 0.717) is 30.4 Å². The highest BCUT2D eigenvalue weighted by Crippen LogP contribution is 2.37. The van der Waals surface area contributed by atoms with E-state index < -0.39 is 12.2 Å². The fraction of sp³-hybridized carbons (Fsp3) is 0.588. The van der Waals surface area contributed by atoms with Gasteiger partial charge in [0.25, 0.3) is 0 Å². The van der Waals surface area contributed by atoms with E-state index in [1.54, 1.807) is 11.8 Å². The van der Waals surface area contributed by atoms with Crippen LogP contribution < -0.4 is 0 Å². The maximum atomic E-state index is 12.4. The number of aliphatic hydroxyl groups excluding tert-OH is 2. The lowest BCUT2D eigenvalue weighted by molar-refractivity contribution is -0.127. The zero-order valence-corrected chi connectivity index (χ0v) is 13.6. The van der Waals surface area contributed by atoms with Gasteiger partial charge in [0.2, 0.25) is 5.91 Å². The van der Waals surface area contributed by atoms with Gasteiger partial charge >= 0.3 is 0 Å². The van der Waals surface area contributed by atoms with Crippen LogP contribution in [0.5, 0.6) is 0 Å². The predicted octanol–water partition coefficient (Wildman–Crippen LogP) is 1.68. The third kappa shape index (κ3) is 3.31. The van der Waals surface area contributed by atoms with E-state index >= 15 is 0 Å². The summed E-state index contributed by atoms with van der Waals surface area (Å²) in [6.45, 7) is 3.50. The van der Waals surface area contributed by atoms with Gasteiger partial charge in [0, 0.05) is 18.0 Å². The van der Waals surface area contributed by atoms with Crippen LogP contribution in [0.1, 0.15) is 18.4 Å². The number of amides is 1. The SMILES string of the molecule is Cc1ccccc1SCC(=O)N1CC2CC(O)C(O)CC2C1. The molecule has 4 atom stereocenters. The van der Waals surface area contributed by atoms with Gasteiger partial charge in [-0.25, -0.2) is 0 Å². The van der Waals surface area contributed by atoms with Crippen LogP contribution in [0, 0.1) is 18.8 Å². The minimum Gasteiger partial charge on any atom is -0.390 e. The van der Waals surface area contributed by atoms with Crippen molar-refractivity contribution in [3.63, 3.8) is 0 Å². The van der Waals surface area contributed by atoms with Crippen molar-refractivity contribution in [2.24, 2.45) is 11.8 Å². The summed E-state index contributed by atoms with van der Waals surface area (Å²) in [6.07, 6.45) is -0.0310. The first-order chi connectivity index (χ1) is 10.5. The fourth-order valence-electron chi connectivity index (χ4n) is 3.56. The minimum atomic E-state index is -0.627. The second kappa shape index (κ2) is 6.60. The number of benzene rings is 1. The Kier molecular flexibility index (Phi) is 4.76. The van der Waals surface area contributed by atoms with Crippen LogP contribution in [0.3, 0.4) is 0 Å². The number of aryl methyl sites for hydroxylation is 1. The normalized spacial score (nSPS) is 31.1. The highest BCUT2D eigenvalue weighted by molar-refractivity contribution is 8.00. The van der Waals surface area contributed by atoms with Gasteiger partial charge in [-0.15, -0.1) is 11.8 Å². The summed E-state index contributed by atoms with van der Waals surface area (Å²) in [5.74, 6) is 1.29. The number of nitrogens with zero attached hydrogens (tertiary/aromatic N) is 1. The van der Waals surface area contributed by atoms with Gasteiger partial charge in [0.15, 0.2) is 0 Å². The summed E-state index contributed by atoms with van der Waals surface area (Å²) in [7, 11) is 0. The van der Waals surface area contributed by atoms with Crippen LogP contribution >= 0.6 is 11.8 Å². The summed E-state index contributed by atoms with van der Waals surface area (Å²) in [5.41, 5.74) is 1.20. The Morgan fingerprint density at radius 1 is 1.18 bits per heavy atom. The van der Waals surface area contributed by atoms with Crippen LogP contribution in [0.25, 0.3) is 0 Å². The van der Waals surface area contributed by atoms with E-state index in [1.807, 2.05) is 23.1 Å². The van der Waals surface area contributed by atoms with Crippen molar-refractivity contribution in [2.75, 3.05) is 18.8 Å². The Morgan fingerprint density at radius 2 is 1.77 bits per heavy atom. The molecule has 1 saturated carbocycles. The van der Waals surface area contributed by atoms with Crippen molar-refractivity contribution in [1.29, 1.82) is 0 Å². The molecule has 4 unspecified atom stereocenters. The first-order valence-corrected chi connectivity index (χ1v) is 8.85. The number of fused-ring (bicyclic) bond motifs is 1. The molecule has 2 aliphatic rings. The average Bonchev–Trinajstić information content (AvgIpc) is 2.89. The summed E-state index contributed by atoms with van der Waals surface area (Å²) in [6, 6.07) is 8.10. The van der Waals surface area contributed by atoms with Crippen molar-refractivity contribution >= 4 is 17.7 Å². The standard InChI is InChI=1S/C17H23NO3S/c1-11-4-2-3-5-16(11)22-10-17(21)18-8-12-6-14(19)15(20)7-13(12)9-18/h2-5,12-15,19-20H,6-10H2,1H3. The maximum Gasteiger partial charge on any atom is 0.232 e. The van der Waals surface area contributed by atoms with E-state index in [1.165, 1.54) is 5.56 Å². The maximum absolute atomic E-state index is 12.4. The van der Waals surface area contributed by atoms with Crippen LogP contribution in [-0.2, 0) is 4.79 Å². The predicted molar refractivity (Wildman–Crippen MR) is 86.7 cm³/mol. The van der Waals surface area contributed by atoms with Gasteiger partial charge in [-0.1, -0.05) is 18.2 Å². The number of likely N-dealkylation sites (tertiary alicyclic amines) is 1. The second-order valence-electron chi connectivity index (χ2n) is 6.48. The molecule has 1 heterocycles. The molecule has 0 spiro atoms. The van der Waals surface area contributed by atoms with Crippen molar-refractivity contribution in [3.8, 4) is 0 Å². The Bertz CT molecular complexity index is 532. The second-order valence-corrected chi connectivity index (χ2v) is 7.50. The molecule has 1 aliphatic carbocycles. The van der Waals surface area contributed by atoms with E-state index in [2.05, 4.69) is 13.0 Å². The topological polar surface area (TPSA) is 60.8 Å². The van der Waals surface area contributed by atoms with E-state index in [9.17, 15) is 15.0 Å². The number of carbonyl (C=O) groups excluding carboxylic acids is 1. The summed E-state index contributed by atoms with van der Waals surface area (Å²) >= 11 is 1.59. The van der Waals surface area contributed by atoms with Gasteiger partial charge in [-0.2, -0.15) is 0 Å². The number of hydrogen-bond donors (Lipinski definition) is 2. The molecular formula is C17H23NO3S. The third-order valence-electron chi connectivity index (χ3n) is 4.91. The molecule has 2 N–H and O–H groups in total. The molecule has 0 bridgehead atoms. The molecule has 3 rings (SSSR count). The van der Waals surface area contributed by atoms with E-state index in [4.69, 9.17) is 0 Å². The lowest BCUT2D eigenvalue weighted by Gasteiger charge is -2.31. The van der Waals surface area contributed by atoms with E-state index in [-0.39, 0.29) is 5.91 Å². The van der Waals surface area contributed by atoms with E-state index in [0.717, 1.165) is 18.0 Å². The summed E-state index contributed by atoms with van der Waals surface area (Å²) < 4.78 is 0. The number of rotatable bonds is 3. The first kappa shape index (κ1) is 15.8. The lowest BCUT2D eigenvalue weighted by Crippen LogP contribution is -2.38. The third-order valence-corrected chi connectivity index (χ3v) is 6.07. The van der Waals surface area contributed by atoms with Gasteiger partial charge < -0.3 is 15.1 Å². The Morgan fingerprint density at radius 3 is 2.36 bits per heavy atom. The Balaban J connectivity index is 1.55. The molecule has 1 aromatic rings. The molecular weight excluding hydrogens is 298 g/mol. The Labute approximate surface area is 135 Å². The van der Waals surface area contributed by atoms with Crippen molar-refractivity contribution in [3.05, 3.63) is 29.8 Å². The van der Waals surface area contributed by atoms with Crippen molar-refractivity contribution in [1.82, 2.24) is 4.90 Å². The van der Waals surface area contributed by atoms with Crippen molar-refractivity contribution < 1.29 is 15.0 Å². The average molecular weight is 321 g/mol. The molecule has 5 heteroatoms. The van der Waals surface area contributed by atoms with Gasteiger partial charge in [-0.3, -0.25) is 4.79 Å². The molecule has 22 heavy (non-hydrogen) atoms. The molecule has 2 fully saturated rings. The zero-order chi connectivity index (χ0) is 15.7. The molecule has 120 valence electrons. The Hall–Kier alpha value is -1.04. The first-order valence-electron chi connectivity index (χ1n) is 7.87. The van der Waals surface area contributed by atoms with Gasteiger partial charge in [0.05, 0.1) is 18.0 Å². The fourth-order valence-corrected chi connectivity index (χ4v) is 4.49. The highest BCUT2D eigenvalue weighted by Gasteiger charge is 2.42. The van der Waals surface area contributed by atoms with Crippen molar-refractivity contribution in [2.45, 2.75) is 36.9 Å². The molecule has 0 aromatic heterocycles. The molecule has 4 nitrogen and oxygen atoms in total. The summed E-state index contributed by atoms with van der Waals surface area (Å²) in [4.78, 5) is 15.5. The number of carbonyl (C=O) groups is 1. The zero-order valence-electron chi connectivity index (χ0n) is 12.8. The van der Waals surface area contributed by atoms with Crippen LogP contribution in [-0.4, -0.2) is 52.1 Å². The minimum absolute atomic E-state index is 0.159.